The van der Waals surface area contributed by atoms with Crippen LogP contribution in [0.25, 0.3) is 0 Å². The molecule has 2 amide bonds. The molecule has 3 fully saturated rings. The summed E-state index contributed by atoms with van der Waals surface area (Å²) in [7, 11) is 0. The van der Waals surface area contributed by atoms with Crippen LogP contribution in [0, 0.1) is 11.7 Å². The minimum absolute atomic E-state index is 0.0517. The summed E-state index contributed by atoms with van der Waals surface area (Å²) in [4.78, 5) is 25.0. The van der Waals surface area contributed by atoms with Crippen molar-refractivity contribution in [2.75, 3.05) is 13.2 Å². The van der Waals surface area contributed by atoms with Gasteiger partial charge >= 0.3 is 6.36 Å². The molecule has 37 heavy (non-hydrogen) atoms. The summed E-state index contributed by atoms with van der Waals surface area (Å²) in [6, 6.07) is 3.65. The van der Waals surface area contributed by atoms with Crippen molar-refractivity contribution in [1.82, 2.24) is 10.6 Å². The molecule has 1 aromatic rings. The number of carbonyl (C=O) groups excluding carboxylic acids is 2. The molecule has 3 saturated carbocycles. The first kappa shape index (κ1) is 27.9. The second-order valence-electron chi connectivity index (χ2n) is 10.1. The molecule has 13 heteroatoms. The predicted octanol–water partition coefficient (Wildman–Crippen LogP) is 3.24. The van der Waals surface area contributed by atoms with E-state index in [1.165, 1.54) is 12.1 Å². The number of aliphatic hydroxyl groups excluding tert-OH is 1. The molecule has 0 heterocycles. The highest BCUT2D eigenvalue weighted by molar-refractivity contribution is 6.30. The van der Waals surface area contributed by atoms with E-state index in [1.807, 2.05) is 0 Å². The Morgan fingerprint density at radius 1 is 1.11 bits per heavy atom. The molecule has 8 nitrogen and oxygen atoms in total. The topological polar surface area (TPSA) is 106 Å². The van der Waals surface area contributed by atoms with Crippen LogP contribution in [0.5, 0.6) is 5.75 Å². The molecule has 2 bridgehead atoms. The van der Waals surface area contributed by atoms with Crippen LogP contribution < -0.4 is 15.4 Å². The fraction of sp³-hybridized carbons (Fsp3) is 0.667. The van der Waals surface area contributed by atoms with E-state index in [0.29, 0.717) is 32.1 Å². The number of fused-ring (bicyclic) bond motifs is 2. The lowest BCUT2D eigenvalue weighted by Crippen LogP contribution is -2.61. The molecule has 3 aliphatic carbocycles. The van der Waals surface area contributed by atoms with Crippen LogP contribution in [0.4, 0.5) is 17.6 Å². The number of carbonyl (C=O) groups is 2. The number of nitrogens with one attached hydrogen (secondary N) is 2. The zero-order valence-corrected chi connectivity index (χ0v) is 20.6. The normalized spacial score (nSPS) is 31.2. The Morgan fingerprint density at radius 2 is 1.86 bits per heavy atom. The van der Waals surface area contributed by atoms with Gasteiger partial charge in [0.25, 0.3) is 5.91 Å². The van der Waals surface area contributed by atoms with Gasteiger partial charge in [-0.05, 0) is 50.2 Å². The molecular formula is C24H29ClF4N2O6. The summed E-state index contributed by atoms with van der Waals surface area (Å²) in [6.07, 6.45) is -4.18. The number of amides is 2. The van der Waals surface area contributed by atoms with Gasteiger partial charge in [-0.15, -0.1) is 13.2 Å². The van der Waals surface area contributed by atoms with Crippen molar-refractivity contribution in [2.24, 2.45) is 5.92 Å². The fourth-order valence-corrected chi connectivity index (χ4v) is 5.63. The molecule has 0 saturated heterocycles. The maximum Gasteiger partial charge on any atom is 0.522 e. The van der Waals surface area contributed by atoms with Crippen LogP contribution in [0.1, 0.15) is 44.9 Å². The standard InChI is InChI=1S/C24H29ClF4N2O6/c25-18-2-1-15(8-19(18)26)35-11-21(33)30-20-3-4-23(9-13(20)5-14(32)10-23)31-22(34)12-36-16-6-17(7-16)37-24(27,28)29/h1-2,8,13-14,16-17,20,32H,3-7,9-12H2,(H,30,33)(H,31,34)/t13?,14-,16?,17?,20?,23?/m1/s1. The highest BCUT2D eigenvalue weighted by Gasteiger charge is 2.48. The Hall–Kier alpha value is -2.15. The van der Waals surface area contributed by atoms with E-state index in [9.17, 15) is 32.3 Å². The van der Waals surface area contributed by atoms with Crippen LogP contribution in [0.2, 0.25) is 5.02 Å². The number of halogens is 5. The number of alkyl halides is 3. The zero-order chi connectivity index (χ0) is 26.8. The van der Waals surface area contributed by atoms with E-state index < -0.39 is 47.8 Å². The molecule has 1 aromatic carbocycles. The third-order valence-corrected chi connectivity index (χ3v) is 7.48. The minimum atomic E-state index is -4.69. The van der Waals surface area contributed by atoms with Crippen LogP contribution in [0.3, 0.4) is 0 Å². The van der Waals surface area contributed by atoms with E-state index >= 15 is 0 Å². The average molecular weight is 553 g/mol. The monoisotopic (exact) mass is 552 g/mol. The lowest BCUT2D eigenvalue weighted by atomic mass is 9.64. The SMILES string of the molecule is O=C(COc1ccc(Cl)c(F)c1)NC1CCC2(NC(=O)COC3CC(OC(F)(F)F)C3)CC1C[C@@H](O)C2. The highest BCUT2D eigenvalue weighted by atomic mass is 35.5. The Kier molecular flexibility index (Phi) is 8.51. The Labute approximate surface area is 216 Å². The first-order valence-corrected chi connectivity index (χ1v) is 12.5. The van der Waals surface area contributed by atoms with Gasteiger partial charge in [0.2, 0.25) is 5.91 Å². The predicted molar refractivity (Wildman–Crippen MR) is 122 cm³/mol. The van der Waals surface area contributed by atoms with Gasteiger partial charge in [0, 0.05) is 30.5 Å². The van der Waals surface area contributed by atoms with Crippen molar-refractivity contribution in [3.8, 4) is 5.75 Å². The summed E-state index contributed by atoms with van der Waals surface area (Å²) in [5.41, 5.74) is -0.650. The lowest BCUT2D eigenvalue weighted by Gasteiger charge is -2.50. The Bertz CT molecular complexity index is 992. The Morgan fingerprint density at radius 3 is 2.57 bits per heavy atom. The van der Waals surface area contributed by atoms with Crippen LogP contribution in [0.15, 0.2) is 18.2 Å². The summed E-state index contributed by atoms with van der Waals surface area (Å²) in [5, 5.41) is 16.3. The molecule has 0 aliphatic heterocycles. The average Bonchev–Trinajstić information content (AvgIpc) is 2.77. The number of benzene rings is 1. The maximum atomic E-state index is 13.5. The molecule has 3 unspecified atom stereocenters. The Balaban J connectivity index is 1.22. The molecule has 3 aliphatic rings. The van der Waals surface area contributed by atoms with E-state index in [-0.39, 0.29) is 48.8 Å². The maximum absolute atomic E-state index is 13.5. The van der Waals surface area contributed by atoms with Gasteiger partial charge in [-0.3, -0.25) is 14.3 Å². The van der Waals surface area contributed by atoms with Crippen molar-refractivity contribution in [2.45, 2.75) is 81.2 Å². The molecular weight excluding hydrogens is 524 g/mol. The van der Waals surface area contributed by atoms with Crippen LogP contribution in [-0.2, 0) is 19.1 Å². The number of hydrogen-bond acceptors (Lipinski definition) is 6. The second-order valence-corrected chi connectivity index (χ2v) is 10.5. The van der Waals surface area contributed by atoms with Crippen molar-refractivity contribution >= 4 is 23.4 Å². The van der Waals surface area contributed by atoms with E-state index in [0.717, 1.165) is 6.07 Å². The molecule has 206 valence electrons. The second kappa shape index (κ2) is 11.3. The number of hydrogen-bond donors (Lipinski definition) is 3. The van der Waals surface area contributed by atoms with Gasteiger partial charge in [-0.2, -0.15) is 0 Å². The van der Waals surface area contributed by atoms with Gasteiger partial charge in [0.05, 0.1) is 23.3 Å². The van der Waals surface area contributed by atoms with Crippen molar-refractivity contribution < 1.29 is 46.5 Å². The molecule has 0 spiro atoms. The van der Waals surface area contributed by atoms with Gasteiger partial charge in [-0.25, -0.2) is 4.39 Å². The van der Waals surface area contributed by atoms with E-state index in [2.05, 4.69) is 15.4 Å². The van der Waals surface area contributed by atoms with Gasteiger partial charge < -0.3 is 25.2 Å². The van der Waals surface area contributed by atoms with Crippen molar-refractivity contribution in [1.29, 1.82) is 0 Å². The molecule has 0 aromatic heterocycles. The zero-order valence-electron chi connectivity index (χ0n) is 19.9. The fourth-order valence-electron chi connectivity index (χ4n) is 5.51. The largest absolute Gasteiger partial charge is 0.522 e. The van der Waals surface area contributed by atoms with Gasteiger partial charge in [0.15, 0.2) is 6.61 Å². The summed E-state index contributed by atoms with van der Waals surface area (Å²) < 4.78 is 64.9. The van der Waals surface area contributed by atoms with Crippen molar-refractivity contribution in [3.05, 3.63) is 29.0 Å². The van der Waals surface area contributed by atoms with Gasteiger partial charge in [-0.1, -0.05) is 11.6 Å². The minimum Gasteiger partial charge on any atom is -0.484 e. The van der Waals surface area contributed by atoms with Crippen molar-refractivity contribution in [3.63, 3.8) is 0 Å². The quantitative estimate of drug-likeness (QED) is 0.406. The third-order valence-electron chi connectivity index (χ3n) is 7.17. The van der Waals surface area contributed by atoms with E-state index in [1.54, 1.807) is 0 Å². The van der Waals surface area contributed by atoms with Crippen LogP contribution in [-0.4, -0.2) is 66.4 Å². The summed E-state index contributed by atoms with van der Waals surface area (Å²) in [5.74, 6) is -1.36. The van der Waals surface area contributed by atoms with Gasteiger partial charge in [0.1, 0.15) is 18.2 Å². The lowest BCUT2D eigenvalue weighted by molar-refractivity contribution is -0.357. The number of ether oxygens (including phenoxy) is 3. The third kappa shape index (κ3) is 7.68. The smallest absolute Gasteiger partial charge is 0.484 e. The van der Waals surface area contributed by atoms with Crippen LogP contribution >= 0.6 is 11.6 Å². The molecule has 3 N–H and O–H groups in total. The first-order valence-electron chi connectivity index (χ1n) is 12.1. The number of rotatable bonds is 9. The number of aliphatic hydroxyl groups is 1. The molecule has 4 atom stereocenters. The summed E-state index contributed by atoms with van der Waals surface area (Å²) >= 11 is 5.64. The first-order chi connectivity index (χ1) is 17.4. The highest BCUT2D eigenvalue weighted by Crippen LogP contribution is 2.43. The molecule has 4 rings (SSSR count). The van der Waals surface area contributed by atoms with E-state index in [4.69, 9.17) is 21.1 Å². The molecule has 0 radical (unpaired) electrons. The summed E-state index contributed by atoms with van der Waals surface area (Å²) in [6.45, 7) is -0.614.